The summed E-state index contributed by atoms with van der Waals surface area (Å²) in [6.07, 6.45) is 0. The van der Waals surface area contributed by atoms with E-state index in [1.807, 2.05) is 48.9 Å². The van der Waals surface area contributed by atoms with Crippen molar-refractivity contribution in [3.05, 3.63) is 47.2 Å². The summed E-state index contributed by atoms with van der Waals surface area (Å²) in [4.78, 5) is 12.3. The standard InChI is InChI=1S/C16H21N3O/c1-11-7-6-8-13(9-11)15(20)17-14-10-12(2)18-19(14)16(3,4)5/h6-10H,1-5H3,(H,17,20). The molecule has 0 aliphatic heterocycles. The molecular weight excluding hydrogens is 250 g/mol. The monoisotopic (exact) mass is 271 g/mol. The van der Waals surface area contributed by atoms with Crippen LogP contribution in [0.1, 0.15) is 42.4 Å². The Morgan fingerprint density at radius 1 is 1.20 bits per heavy atom. The van der Waals surface area contributed by atoms with Crippen LogP contribution in [0.4, 0.5) is 5.82 Å². The summed E-state index contributed by atoms with van der Waals surface area (Å²) >= 11 is 0. The fourth-order valence-electron chi connectivity index (χ4n) is 2.07. The Labute approximate surface area is 119 Å². The van der Waals surface area contributed by atoms with E-state index in [9.17, 15) is 4.79 Å². The van der Waals surface area contributed by atoms with Gasteiger partial charge in [-0.15, -0.1) is 0 Å². The molecule has 0 fully saturated rings. The van der Waals surface area contributed by atoms with Crippen LogP contribution in [0.5, 0.6) is 0 Å². The molecular formula is C16H21N3O. The SMILES string of the molecule is Cc1cccc(C(=O)Nc2cc(C)nn2C(C)(C)C)c1. The number of nitrogens with one attached hydrogen (secondary N) is 1. The van der Waals surface area contributed by atoms with E-state index in [1.54, 1.807) is 0 Å². The third-order valence-electron chi connectivity index (χ3n) is 2.99. The number of carbonyl (C=O) groups excluding carboxylic acids is 1. The highest BCUT2D eigenvalue weighted by Crippen LogP contribution is 2.21. The zero-order valence-corrected chi connectivity index (χ0v) is 12.7. The molecule has 0 atom stereocenters. The molecule has 4 heteroatoms. The average Bonchev–Trinajstić information content (AvgIpc) is 2.70. The van der Waals surface area contributed by atoms with Crippen molar-refractivity contribution < 1.29 is 4.79 Å². The molecule has 1 N–H and O–H groups in total. The molecule has 1 aromatic carbocycles. The number of benzene rings is 1. The molecule has 2 rings (SSSR count). The highest BCUT2D eigenvalue weighted by molar-refractivity contribution is 6.03. The molecule has 20 heavy (non-hydrogen) atoms. The number of nitrogens with zero attached hydrogens (tertiary/aromatic N) is 2. The van der Waals surface area contributed by atoms with Crippen LogP contribution < -0.4 is 5.32 Å². The van der Waals surface area contributed by atoms with Gasteiger partial charge < -0.3 is 5.32 Å². The van der Waals surface area contributed by atoms with Crippen LogP contribution in [-0.2, 0) is 5.54 Å². The van der Waals surface area contributed by atoms with Crippen molar-refractivity contribution in [1.29, 1.82) is 0 Å². The molecule has 1 amide bonds. The number of anilines is 1. The van der Waals surface area contributed by atoms with Gasteiger partial charge in [-0.3, -0.25) is 4.79 Å². The molecule has 0 radical (unpaired) electrons. The fraction of sp³-hybridized carbons (Fsp3) is 0.375. The largest absolute Gasteiger partial charge is 0.307 e. The van der Waals surface area contributed by atoms with Crippen LogP contribution in [0.3, 0.4) is 0 Å². The number of hydrogen-bond acceptors (Lipinski definition) is 2. The van der Waals surface area contributed by atoms with Crippen molar-refractivity contribution in [3.8, 4) is 0 Å². The van der Waals surface area contributed by atoms with Crippen molar-refractivity contribution in [2.45, 2.75) is 40.2 Å². The topological polar surface area (TPSA) is 46.9 Å². The van der Waals surface area contributed by atoms with Crippen LogP contribution in [0.15, 0.2) is 30.3 Å². The Morgan fingerprint density at radius 2 is 1.90 bits per heavy atom. The molecule has 2 aromatic rings. The number of aryl methyl sites for hydroxylation is 2. The zero-order chi connectivity index (χ0) is 14.9. The molecule has 0 spiro atoms. The van der Waals surface area contributed by atoms with E-state index in [0.29, 0.717) is 5.56 Å². The summed E-state index contributed by atoms with van der Waals surface area (Å²) < 4.78 is 1.84. The Balaban J connectivity index is 2.29. The second kappa shape index (κ2) is 5.12. The highest BCUT2D eigenvalue weighted by atomic mass is 16.1. The molecule has 0 bridgehead atoms. The van der Waals surface area contributed by atoms with E-state index in [0.717, 1.165) is 17.1 Å². The predicted octanol–water partition coefficient (Wildman–Crippen LogP) is 3.51. The first-order valence-electron chi connectivity index (χ1n) is 6.72. The lowest BCUT2D eigenvalue weighted by atomic mass is 10.1. The maximum Gasteiger partial charge on any atom is 0.256 e. The van der Waals surface area contributed by atoms with Gasteiger partial charge in [0, 0.05) is 11.6 Å². The number of aromatic nitrogens is 2. The van der Waals surface area contributed by atoms with Gasteiger partial charge in [-0.1, -0.05) is 17.7 Å². The number of hydrogen-bond donors (Lipinski definition) is 1. The number of amides is 1. The van der Waals surface area contributed by atoms with Crippen molar-refractivity contribution >= 4 is 11.7 Å². The van der Waals surface area contributed by atoms with Crippen LogP contribution in [-0.4, -0.2) is 15.7 Å². The van der Waals surface area contributed by atoms with Gasteiger partial charge in [-0.2, -0.15) is 5.10 Å². The Hall–Kier alpha value is -2.10. The Morgan fingerprint density at radius 3 is 2.50 bits per heavy atom. The molecule has 0 saturated heterocycles. The van der Waals surface area contributed by atoms with E-state index >= 15 is 0 Å². The summed E-state index contributed by atoms with van der Waals surface area (Å²) in [5, 5.41) is 7.39. The van der Waals surface area contributed by atoms with Gasteiger partial charge in [0.05, 0.1) is 11.2 Å². The van der Waals surface area contributed by atoms with Gasteiger partial charge in [0.2, 0.25) is 0 Å². The molecule has 0 aliphatic rings. The van der Waals surface area contributed by atoms with Crippen molar-refractivity contribution in [2.75, 3.05) is 5.32 Å². The summed E-state index contributed by atoms with van der Waals surface area (Å²) in [7, 11) is 0. The minimum Gasteiger partial charge on any atom is -0.307 e. The summed E-state index contributed by atoms with van der Waals surface area (Å²) in [6, 6.07) is 9.43. The maximum atomic E-state index is 12.3. The van der Waals surface area contributed by atoms with E-state index in [-0.39, 0.29) is 11.4 Å². The lowest BCUT2D eigenvalue weighted by Gasteiger charge is -2.22. The highest BCUT2D eigenvalue weighted by Gasteiger charge is 2.20. The molecule has 106 valence electrons. The normalized spacial score (nSPS) is 11.4. The van der Waals surface area contributed by atoms with E-state index in [1.165, 1.54) is 0 Å². The Bertz CT molecular complexity index is 635. The first-order chi connectivity index (χ1) is 9.27. The van der Waals surface area contributed by atoms with Gasteiger partial charge in [0.15, 0.2) is 0 Å². The van der Waals surface area contributed by atoms with Gasteiger partial charge in [-0.05, 0) is 46.8 Å². The third kappa shape index (κ3) is 3.07. The minimum atomic E-state index is -0.177. The lowest BCUT2D eigenvalue weighted by Crippen LogP contribution is -2.26. The minimum absolute atomic E-state index is 0.112. The fourth-order valence-corrected chi connectivity index (χ4v) is 2.07. The second-order valence-corrected chi connectivity index (χ2v) is 6.08. The van der Waals surface area contributed by atoms with Gasteiger partial charge in [0.25, 0.3) is 5.91 Å². The number of rotatable bonds is 2. The summed E-state index contributed by atoms with van der Waals surface area (Å²) in [5.41, 5.74) is 2.44. The van der Waals surface area contributed by atoms with Crippen LogP contribution in [0.25, 0.3) is 0 Å². The van der Waals surface area contributed by atoms with E-state index < -0.39 is 0 Å². The molecule has 0 unspecified atom stereocenters. The summed E-state index contributed by atoms with van der Waals surface area (Å²) in [6.45, 7) is 10.1. The molecule has 0 saturated carbocycles. The van der Waals surface area contributed by atoms with Crippen LogP contribution >= 0.6 is 0 Å². The first kappa shape index (κ1) is 14.3. The molecule has 1 heterocycles. The maximum absolute atomic E-state index is 12.3. The van der Waals surface area contributed by atoms with Crippen molar-refractivity contribution in [2.24, 2.45) is 0 Å². The zero-order valence-electron chi connectivity index (χ0n) is 12.7. The number of carbonyl (C=O) groups is 1. The predicted molar refractivity (Wildman–Crippen MR) is 81.1 cm³/mol. The third-order valence-corrected chi connectivity index (χ3v) is 2.99. The van der Waals surface area contributed by atoms with Crippen LogP contribution in [0, 0.1) is 13.8 Å². The van der Waals surface area contributed by atoms with Gasteiger partial charge in [-0.25, -0.2) is 4.68 Å². The Kier molecular flexibility index (Phi) is 3.66. The average molecular weight is 271 g/mol. The van der Waals surface area contributed by atoms with E-state index in [4.69, 9.17) is 0 Å². The second-order valence-electron chi connectivity index (χ2n) is 6.08. The van der Waals surface area contributed by atoms with Gasteiger partial charge in [0.1, 0.15) is 5.82 Å². The quantitative estimate of drug-likeness (QED) is 0.908. The molecule has 0 aliphatic carbocycles. The van der Waals surface area contributed by atoms with Crippen LogP contribution in [0.2, 0.25) is 0 Å². The van der Waals surface area contributed by atoms with Crippen molar-refractivity contribution in [1.82, 2.24) is 9.78 Å². The van der Waals surface area contributed by atoms with Crippen molar-refractivity contribution in [3.63, 3.8) is 0 Å². The first-order valence-corrected chi connectivity index (χ1v) is 6.72. The van der Waals surface area contributed by atoms with Gasteiger partial charge >= 0.3 is 0 Å². The lowest BCUT2D eigenvalue weighted by molar-refractivity contribution is 0.102. The summed E-state index contributed by atoms with van der Waals surface area (Å²) in [5.74, 6) is 0.612. The molecule has 4 nitrogen and oxygen atoms in total. The molecule has 1 aromatic heterocycles. The smallest absolute Gasteiger partial charge is 0.256 e. The van der Waals surface area contributed by atoms with E-state index in [2.05, 4.69) is 31.2 Å².